The van der Waals surface area contributed by atoms with Gasteiger partial charge >= 0.3 is 0 Å². The minimum atomic E-state index is 0.518. The molecule has 0 aliphatic rings. The number of nitrogens with zero attached hydrogens (tertiary/aromatic N) is 1. The van der Waals surface area contributed by atoms with E-state index in [4.69, 9.17) is 11.6 Å². The van der Waals surface area contributed by atoms with Crippen molar-refractivity contribution in [2.24, 2.45) is 0 Å². The lowest BCUT2D eigenvalue weighted by Crippen LogP contribution is -1.76. The molecular weight excluding hydrogens is 220 g/mol. The molecule has 0 fully saturated rings. The van der Waals surface area contributed by atoms with Gasteiger partial charge in [-0.3, -0.25) is 0 Å². The van der Waals surface area contributed by atoms with E-state index in [0.717, 1.165) is 16.5 Å². The highest BCUT2D eigenvalue weighted by molar-refractivity contribution is 6.30. The van der Waals surface area contributed by atoms with Crippen LogP contribution in [0.2, 0.25) is 5.15 Å². The van der Waals surface area contributed by atoms with Crippen LogP contribution in [0, 0.1) is 0 Å². The Bertz CT molecular complexity index is 629. The zero-order chi connectivity index (χ0) is 11.0. The third kappa shape index (κ3) is 1.48. The lowest BCUT2D eigenvalue weighted by Gasteiger charge is -1.98. The molecule has 0 bridgehead atoms. The van der Waals surface area contributed by atoms with E-state index in [-0.39, 0.29) is 0 Å². The van der Waals surface area contributed by atoms with E-state index < -0.39 is 0 Å². The number of nitrogens with one attached hydrogen (secondary N) is 1. The van der Waals surface area contributed by atoms with Crippen molar-refractivity contribution in [3.8, 4) is 11.1 Å². The SMILES string of the molecule is Clc1cc2c(-c3ccccc3)c[nH]c2cn1. The standard InChI is InChI=1S/C13H9ClN2/c14-13-6-10-11(7-15-12(10)8-16-13)9-4-2-1-3-5-9/h1-8,15H. The lowest BCUT2D eigenvalue weighted by molar-refractivity contribution is 1.34. The van der Waals surface area contributed by atoms with Gasteiger partial charge in [-0.05, 0) is 11.6 Å². The Hall–Kier alpha value is -1.80. The van der Waals surface area contributed by atoms with Crippen LogP contribution in [-0.2, 0) is 0 Å². The summed E-state index contributed by atoms with van der Waals surface area (Å²) < 4.78 is 0. The molecule has 2 aromatic heterocycles. The molecule has 0 radical (unpaired) electrons. The normalized spacial score (nSPS) is 10.8. The molecular formula is C13H9ClN2. The molecule has 3 heteroatoms. The molecule has 1 aromatic carbocycles. The van der Waals surface area contributed by atoms with E-state index in [0.29, 0.717) is 5.15 Å². The lowest BCUT2D eigenvalue weighted by atomic mass is 10.1. The number of hydrogen-bond acceptors (Lipinski definition) is 1. The summed E-state index contributed by atoms with van der Waals surface area (Å²) in [6.07, 6.45) is 3.74. The van der Waals surface area contributed by atoms with Crippen LogP contribution >= 0.6 is 11.6 Å². The minimum Gasteiger partial charge on any atom is -0.359 e. The second-order valence-corrected chi connectivity index (χ2v) is 4.01. The predicted octanol–water partition coefficient (Wildman–Crippen LogP) is 3.88. The Morgan fingerprint density at radius 2 is 1.94 bits per heavy atom. The fourth-order valence-electron chi connectivity index (χ4n) is 1.85. The summed E-state index contributed by atoms with van der Waals surface area (Å²) in [6.45, 7) is 0. The van der Waals surface area contributed by atoms with Crippen molar-refractivity contribution in [2.75, 3.05) is 0 Å². The second-order valence-electron chi connectivity index (χ2n) is 3.62. The van der Waals surface area contributed by atoms with E-state index in [1.165, 1.54) is 5.56 Å². The zero-order valence-corrected chi connectivity index (χ0v) is 9.20. The third-order valence-corrected chi connectivity index (χ3v) is 2.82. The van der Waals surface area contributed by atoms with E-state index in [2.05, 4.69) is 22.1 Å². The van der Waals surface area contributed by atoms with Crippen LogP contribution in [0.1, 0.15) is 0 Å². The number of benzene rings is 1. The molecule has 78 valence electrons. The monoisotopic (exact) mass is 228 g/mol. The number of halogens is 1. The largest absolute Gasteiger partial charge is 0.359 e. The summed E-state index contributed by atoms with van der Waals surface area (Å²) in [5.74, 6) is 0. The van der Waals surface area contributed by atoms with Gasteiger partial charge in [0.2, 0.25) is 0 Å². The summed E-state index contributed by atoms with van der Waals surface area (Å²) in [5.41, 5.74) is 3.33. The van der Waals surface area contributed by atoms with Gasteiger partial charge in [-0.1, -0.05) is 41.9 Å². The van der Waals surface area contributed by atoms with Gasteiger partial charge in [-0.2, -0.15) is 0 Å². The highest BCUT2D eigenvalue weighted by Gasteiger charge is 2.06. The van der Waals surface area contributed by atoms with Crippen LogP contribution in [0.25, 0.3) is 22.0 Å². The first-order valence-corrected chi connectivity index (χ1v) is 5.40. The highest BCUT2D eigenvalue weighted by atomic mass is 35.5. The van der Waals surface area contributed by atoms with Gasteiger partial charge in [0.15, 0.2) is 0 Å². The van der Waals surface area contributed by atoms with E-state index in [9.17, 15) is 0 Å². The topological polar surface area (TPSA) is 28.7 Å². The molecule has 0 amide bonds. The summed E-state index contributed by atoms with van der Waals surface area (Å²) >= 11 is 5.91. The van der Waals surface area contributed by atoms with Crippen molar-refractivity contribution in [1.82, 2.24) is 9.97 Å². The molecule has 0 saturated heterocycles. The van der Waals surface area contributed by atoms with Crippen LogP contribution in [0.4, 0.5) is 0 Å². The molecule has 16 heavy (non-hydrogen) atoms. The van der Waals surface area contributed by atoms with Crippen molar-refractivity contribution in [2.45, 2.75) is 0 Å². The molecule has 2 nitrogen and oxygen atoms in total. The number of pyridine rings is 1. The van der Waals surface area contributed by atoms with Gasteiger partial charge in [0.05, 0.1) is 11.7 Å². The molecule has 0 saturated carbocycles. The fraction of sp³-hybridized carbons (Fsp3) is 0. The molecule has 1 N–H and O–H groups in total. The highest BCUT2D eigenvalue weighted by Crippen LogP contribution is 2.29. The maximum Gasteiger partial charge on any atom is 0.129 e. The summed E-state index contributed by atoms with van der Waals surface area (Å²) in [4.78, 5) is 7.24. The van der Waals surface area contributed by atoms with Gasteiger partial charge in [0, 0.05) is 17.1 Å². The first kappa shape index (κ1) is 9.43. The molecule has 3 aromatic rings. The summed E-state index contributed by atoms with van der Waals surface area (Å²) in [5, 5.41) is 1.62. The second kappa shape index (κ2) is 3.65. The first-order valence-electron chi connectivity index (χ1n) is 5.02. The molecule has 0 aliphatic carbocycles. The predicted molar refractivity (Wildman–Crippen MR) is 66.5 cm³/mol. The quantitative estimate of drug-likeness (QED) is 0.629. The molecule has 0 unspecified atom stereocenters. The van der Waals surface area contributed by atoms with Gasteiger partial charge in [0.25, 0.3) is 0 Å². The minimum absolute atomic E-state index is 0.518. The summed E-state index contributed by atoms with van der Waals surface area (Å²) in [7, 11) is 0. The molecule has 2 heterocycles. The van der Waals surface area contributed by atoms with E-state index in [1.54, 1.807) is 6.20 Å². The fourth-order valence-corrected chi connectivity index (χ4v) is 2.01. The van der Waals surface area contributed by atoms with Crippen molar-refractivity contribution < 1.29 is 0 Å². The maximum atomic E-state index is 5.91. The molecule has 0 aliphatic heterocycles. The Balaban J connectivity index is 2.29. The van der Waals surface area contributed by atoms with Gasteiger partial charge in [0.1, 0.15) is 5.15 Å². The molecule has 0 spiro atoms. The average molecular weight is 229 g/mol. The van der Waals surface area contributed by atoms with Crippen LogP contribution in [0.5, 0.6) is 0 Å². The molecule has 0 atom stereocenters. The number of aromatic nitrogens is 2. The van der Waals surface area contributed by atoms with Crippen LogP contribution in [0.3, 0.4) is 0 Å². The first-order chi connectivity index (χ1) is 7.84. The van der Waals surface area contributed by atoms with Crippen molar-refractivity contribution in [1.29, 1.82) is 0 Å². The Labute approximate surface area is 97.9 Å². The van der Waals surface area contributed by atoms with Crippen LogP contribution in [0.15, 0.2) is 48.8 Å². The summed E-state index contributed by atoms with van der Waals surface area (Å²) in [6, 6.07) is 12.1. The van der Waals surface area contributed by atoms with Crippen LogP contribution in [-0.4, -0.2) is 9.97 Å². The molecule has 3 rings (SSSR count). The Morgan fingerprint density at radius 1 is 1.12 bits per heavy atom. The number of fused-ring (bicyclic) bond motifs is 1. The number of hydrogen-bond donors (Lipinski definition) is 1. The number of aromatic amines is 1. The van der Waals surface area contributed by atoms with Gasteiger partial charge < -0.3 is 4.98 Å². The Morgan fingerprint density at radius 3 is 2.75 bits per heavy atom. The number of rotatable bonds is 1. The van der Waals surface area contributed by atoms with E-state index >= 15 is 0 Å². The van der Waals surface area contributed by atoms with Crippen molar-refractivity contribution in [3.63, 3.8) is 0 Å². The maximum absolute atomic E-state index is 5.91. The van der Waals surface area contributed by atoms with Crippen LogP contribution < -0.4 is 0 Å². The Kier molecular flexibility index (Phi) is 2.15. The third-order valence-electron chi connectivity index (χ3n) is 2.62. The van der Waals surface area contributed by atoms with Gasteiger partial charge in [-0.25, -0.2) is 4.98 Å². The van der Waals surface area contributed by atoms with E-state index in [1.807, 2.05) is 30.5 Å². The number of H-pyrrole nitrogens is 1. The van der Waals surface area contributed by atoms with Crippen molar-refractivity contribution >= 4 is 22.5 Å². The average Bonchev–Trinajstić information content (AvgIpc) is 2.73. The zero-order valence-electron chi connectivity index (χ0n) is 8.44. The smallest absolute Gasteiger partial charge is 0.129 e. The van der Waals surface area contributed by atoms with Crippen molar-refractivity contribution in [3.05, 3.63) is 53.9 Å². The van der Waals surface area contributed by atoms with Gasteiger partial charge in [-0.15, -0.1) is 0 Å².